The average molecular weight is 2120 g/mol. The molecular weight excluding hydrogens is 2020 g/mol. The number of pyridine rings is 5. The number of nitrogens with one attached hydrogen (secondary N) is 3. The number of morpholine rings is 3. The SMILES string of the molecule is C.C.C.COC(=O)[C@H](Cc1ccc(-c2c(C(F)(F)F)cc(C)n(C)c2=O)c2ncccc12)NC(=O)c1c(F)cc(N2CCOC[C@H]2CC(F)(F)F)cc1F.COC(=O)[C@H](Cc1ccc(-c2cc(N(C)C)c(C)n(C)c2=O)c2ncccc12)NC(=O)c1c(F)cc(N2CCOC[C@@H]2C(F)(F)F)cc1F.COC(=O)[C@H](Cc1ccc(-c2nc(C)c(C)n(C)c2=O)c2ncccc12)NC(=O)c1c(F)cc(N2CCOC[C@H]2C(F)(F)F)cc1F. The second-order valence-electron chi connectivity index (χ2n) is 34.7. The maximum atomic E-state index is 15.3. The Hall–Kier alpha value is -15.0. The van der Waals surface area contributed by atoms with Crippen molar-refractivity contribution in [3.05, 3.63) is 268 Å². The number of alkyl halides is 12. The molecule has 3 aliphatic rings. The molecule has 0 spiro atoms. The van der Waals surface area contributed by atoms with Crippen LogP contribution >= 0.6 is 0 Å². The highest BCUT2D eigenvalue weighted by Gasteiger charge is 2.49. The molecule has 0 radical (unpaired) electrons. The molecule has 0 saturated carbocycles. The molecule has 3 aliphatic heterocycles. The van der Waals surface area contributed by atoms with Gasteiger partial charge in [0.05, 0.1) is 118 Å². The smallest absolute Gasteiger partial charge is 0.417 e. The lowest BCUT2D eigenvalue weighted by atomic mass is 9.93. The first-order valence-electron chi connectivity index (χ1n) is 44.9. The molecule has 804 valence electrons. The number of nitrogens with zero attached hydrogens (tertiary/aromatic N) is 11. The number of esters is 3. The van der Waals surface area contributed by atoms with Crippen molar-refractivity contribution in [1.82, 2.24) is 49.6 Å². The summed E-state index contributed by atoms with van der Waals surface area (Å²) < 4.78 is 288. The lowest BCUT2D eigenvalue weighted by Gasteiger charge is -2.38. The van der Waals surface area contributed by atoms with E-state index in [1.165, 1.54) is 59.8 Å². The molecule has 0 unspecified atom stereocenters. The summed E-state index contributed by atoms with van der Waals surface area (Å²) in [5.74, 6) is -15.4. The van der Waals surface area contributed by atoms with Crippen LogP contribution in [0.25, 0.3) is 66.2 Å². The highest BCUT2D eigenvalue weighted by molar-refractivity contribution is 6.03. The Morgan fingerprint density at radius 3 is 1.17 bits per heavy atom. The number of carbonyl (C=O) groups excluding carboxylic acids is 6. The molecule has 3 saturated heterocycles. The number of halogens is 18. The molecule has 150 heavy (non-hydrogen) atoms. The molecule has 0 aliphatic carbocycles. The molecule has 6 aromatic heterocycles. The van der Waals surface area contributed by atoms with Crippen molar-refractivity contribution in [1.29, 1.82) is 0 Å². The van der Waals surface area contributed by atoms with Crippen LogP contribution in [0.15, 0.2) is 154 Å². The normalized spacial score (nSPS) is 15.5. The van der Waals surface area contributed by atoms with Crippen LogP contribution in [0.2, 0.25) is 0 Å². The third-order valence-electron chi connectivity index (χ3n) is 25.5. The van der Waals surface area contributed by atoms with Crippen molar-refractivity contribution in [2.45, 2.75) is 137 Å². The highest BCUT2D eigenvalue weighted by Crippen LogP contribution is 2.43. The van der Waals surface area contributed by atoms with Crippen LogP contribution in [-0.2, 0) is 89.4 Å². The fourth-order valence-corrected chi connectivity index (χ4v) is 17.6. The number of ether oxygens (including phenoxy) is 6. The Morgan fingerprint density at radius 2 is 0.793 bits per heavy atom. The van der Waals surface area contributed by atoms with Crippen molar-refractivity contribution in [3.63, 3.8) is 0 Å². The van der Waals surface area contributed by atoms with E-state index >= 15 is 26.3 Å². The topological polar surface area (TPSA) is 324 Å². The second kappa shape index (κ2) is 47.6. The minimum Gasteiger partial charge on any atom is -0.467 e. The number of anilines is 4. The Balaban J connectivity index is 0.000000228. The molecule has 15 rings (SSSR count). The zero-order valence-corrected chi connectivity index (χ0v) is 80.3. The van der Waals surface area contributed by atoms with E-state index in [9.17, 15) is 95.8 Å². The van der Waals surface area contributed by atoms with E-state index in [1.54, 1.807) is 88.7 Å². The number of rotatable bonds is 23. The second-order valence-corrected chi connectivity index (χ2v) is 34.7. The molecular formula is C103H106F18N14O15. The van der Waals surface area contributed by atoms with Crippen molar-refractivity contribution >= 4 is 91.1 Å². The molecule has 3 N–H and O–H groups in total. The van der Waals surface area contributed by atoms with Gasteiger partial charge < -0.3 is 77.7 Å². The van der Waals surface area contributed by atoms with Crippen molar-refractivity contribution < 1.29 is 136 Å². The summed E-state index contributed by atoms with van der Waals surface area (Å²) >= 11 is 0. The van der Waals surface area contributed by atoms with E-state index in [0.717, 1.165) is 58.0 Å². The predicted molar refractivity (Wildman–Crippen MR) is 522 cm³/mol. The van der Waals surface area contributed by atoms with Crippen LogP contribution in [0.3, 0.4) is 0 Å². The summed E-state index contributed by atoms with van der Waals surface area (Å²) in [6.45, 7) is 4.08. The number of fused-ring (bicyclic) bond motifs is 3. The van der Waals surface area contributed by atoms with E-state index in [2.05, 4.69) is 35.9 Å². The number of aryl methyl sites for hydroxylation is 2. The van der Waals surface area contributed by atoms with Crippen LogP contribution < -0.4 is 52.2 Å². The van der Waals surface area contributed by atoms with Gasteiger partial charge in [0.1, 0.15) is 87.5 Å². The molecule has 12 aromatic rings. The third kappa shape index (κ3) is 25.2. The highest BCUT2D eigenvalue weighted by atomic mass is 19.4. The monoisotopic (exact) mass is 2120 g/mol. The van der Waals surface area contributed by atoms with E-state index in [4.69, 9.17) is 28.4 Å². The van der Waals surface area contributed by atoms with Gasteiger partial charge in [-0.25, -0.2) is 45.7 Å². The summed E-state index contributed by atoms with van der Waals surface area (Å²) in [6, 6.07) is 15.3. The van der Waals surface area contributed by atoms with E-state index in [-0.39, 0.29) is 131 Å². The molecule has 29 nitrogen and oxygen atoms in total. The number of benzene rings is 6. The van der Waals surface area contributed by atoms with E-state index in [0.29, 0.717) is 97.4 Å². The average Bonchev–Trinajstić information content (AvgIpc) is 0.751. The Morgan fingerprint density at radius 1 is 0.440 bits per heavy atom. The van der Waals surface area contributed by atoms with Gasteiger partial charge in [0.25, 0.3) is 34.4 Å². The summed E-state index contributed by atoms with van der Waals surface area (Å²) in [5, 5.41) is 8.09. The number of methoxy groups -OCH3 is 3. The summed E-state index contributed by atoms with van der Waals surface area (Å²) in [6.07, 6.45) is -16.7. The van der Waals surface area contributed by atoms with Crippen molar-refractivity contribution in [2.24, 2.45) is 21.1 Å². The molecule has 6 atom stereocenters. The summed E-state index contributed by atoms with van der Waals surface area (Å²) in [5.41, 5.74) is -1.36. The fraction of sp³-hybridized carbons (Fsp3) is 0.369. The number of carbonyl (C=O) groups is 6. The summed E-state index contributed by atoms with van der Waals surface area (Å²) in [7, 11) is 11.5. The maximum absolute atomic E-state index is 15.3. The van der Waals surface area contributed by atoms with Gasteiger partial charge in [-0.05, 0) is 111 Å². The quantitative estimate of drug-likeness (QED) is 0.0304. The third-order valence-corrected chi connectivity index (χ3v) is 25.5. The van der Waals surface area contributed by atoms with Crippen LogP contribution in [0.4, 0.5) is 102 Å². The van der Waals surface area contributed by atoms with Crippen LogP contribution in [-0.4, -0.2) is 219 Å². The number of aromatic nitrogens is 7. The molecule has 47 heteroatoms. The fourth-order valence-electron chi connectivity index (χ4n) is 17.6. The van der Waals surface area contributed by atoms with Gasteiger partial charge in [-0.2, -0.15) is 52.7 Å². The van der Waals surface area contributed by atoms with Crippen LogP contribution in [0.5, 0.6) is 0 Å². The Bertz CT molecular complexity index is 7230. The minimum atomic E-state index is -4.90. The number of hydrogen-bond donors (Lipinski definition) is 3. The predicted octanol–water partition coefficient (Wildman–Crippen LogP) is 16.5. The first-order valence-corrected chi connectivity index (χ1v) is 44.9. The van der Waals surface area contributed by atoms with Crippen molar-refractivity contribution in [2.75, 3.05) is 114 Å². The van der Waals surface area contributed by atoms with Crippen molar-refractivity contribution in [3.8, 4) is 33.5 Å². The van der Waals surface area contributed by atoms with Gasteiger partial charge in [0.2, 0.25) is 0 Å². The van der Waals surface area contributed by atoms with Gasteiger partial charge in [0.15, 0.2) is 0 Å². The first-order chi connectivity index (χ1) is 69.3. The van der Waals surface area contributed by atoms with Gasteiger partial charge in [-0.15, -0.1) is 0 Å². The first kappa shape index (κ1) is 117. The van der Waals surface area contributed by atoms with Gasteiger partial charge in [-0.3, -0.25) is 43.7 Å². The lowest BCUT2D eigenvalue weighted by molar-refractivity contribution is -0.167. The largest absolute Gasteiger partial charge is 0.467 e. The van der Waals surface area contributed by atoms with Gasteiger partial charge >= 0.3 is 42.6 Å². The molecule has 6 aromatic carbocycles. The van der Waals surface area contributed by atoms with Crippen LogP contribution in [0.1, 0.15) is 105 Å². The number of hydrogen-bond acceptors (Lipinski definition) is 23. The Labute approximate surface area is 846 Å². The molecule has 3 amide bonds. The zero-order valence-electron chi connectivity index (χ0n) is 80.3. The van der Waals surface area contributed by atoms with E-state index in [1.807, 2.05) is 25.9 Å². The van der Waals surface area contributed by atoms with E-state index < -0.39 is 202 Å². The lowest BCUT2D eigenvalue weighted by Crippen LogP contribution is -2.53. The zero-order chi connectivity index (χ0) is 107. The Kier molecular flexibility index (Phi) is 37.1. The standard InChI is InChI=1S/C34H30F8N4O5.C34H34F5N5O5.C32H30F5N5O5.3CH4/c1-17-11-23(34(40,41)42)27(31(48)45(17)2)22-7-6-18(21-5-4-8-43-29(21)22)12-26(32(49)50-3)44-30(47)28-24(35)13-19(14-25(28)36)46-9-10-51-16-20(46)15-33(37,38)39;1-18-27(42(2)3)16-23(32(46)43(18)4)22-9-8-19(21-7-6-10-40-30(21)22)13-26(33(47)48-5)41-31(45)29-24(35)14-20(15-25(29)36)44-11-12-49-17-28(44)34(37,38)39;1-16-17(2)41(3)30(44)28(39-16)21-8-7-18(20-6-5-9-38-27(20)21)12-24(31(45)46-4)40-29(43)26-22(33)13-19(14-23(26)34)42-10-11-47-15-25(42)32(35,36)37;;;/h4-8,11,13-14,20,26H,9-10,12,15-16H2,1-3H3,(H,44,47);6-10,14-16,26,28H,11-13,17H2,1-5H3,(H,41,45);5-9,13-14,24-25H,10-12,15H2,1-4H3,(H,40,43);3*1H4/t20-,26+;26-,28+;24-,25-;;;/m100.../s1. The minimum absolute atomic E-state index is 0. The number of amides is 3. The van der Waals surface area contributed by atoms with Crippen LogP contribution in [0, 0.1) is 62.6 Å². The molecule has 0 bridgehead atoms. The van der Waals surface area contributed by atoms with Gasteiger partial charge in [-0.1, -0.05) is 76.9 Å². The maximum Gasteiger partial charge on any atom is 0.417 e. The van der Waals surface area contributed by atoms with Gasteiger partial charge in [0, 0.05) is 160 Å². The summed E-state index contributed by atoms with van der Waals surface area (Å²) in [4.78, 5) is 140. The molecule has 3 fully saturated rings. The molecule has 9 heterocycles.